The van der Waals surface area contributed by atoms with E-state index in [1.807, 2.05) is 23.8 Å². The highest BCUT2D eigenvalue weighted by atomic mass is 32.1. The van der Waals surface area contributed by atoms with Gasteiger partial charge in [-0.2, -0.15) is 16.3 Å². The molecular weight excluding hydrogens is 342 g/mol. The van der Waals surface area contributed by atoms with E-state index in [0.717, 1.165) is 24.1 Å². The van der Waals surface area contributed by atoms with Crippen LogP contribution in [0.1, 0.15) is 30.9 Å². The Kier molecular flexibility index (Phi) is 3.96. The monoisotopic (exact) mass is 357 g/mol. The highest BCUT2D eigenvalue weighted by Gasteiger charge is 2.29. The lowest BCUT2D eigenvalue weighted by Crippen LogP contribution is -2.15. The van der Waals surface area contributed by atoms with Crippen molar-refractivity contribution in [2.24, 2.45) is 11.1 Å². The minimum absolute atomic E-state index is 0.0400. The molecule has 0 amide bonds. The van der Waals surface area contributed by atoms with Crippen LogP contribution in [-0.4, -0.2) is 15.7 Å². The Labute approximate surface area is 146 Å². The normalized spacial score (nSPS) is 14.8. The Morgan fingerprint density at radius 1 is 1.48 bits per heavy atom. The number of rotatable bonds is 5. The molecule has 0 spiro atoms. The van der Waals surface area contributed by atoms with Gasteiger partial charge >= 0.3 is 11.6 Å². The van der Waals surface area contributed by atoms with Crippen molar-refractivity contribution < 1.29 is 9.25 Å². The van der Waals surface area contributed by atoms with Crippen molar-refractivity contribution in [1.82, 2.24) is 9.97 Å². The van der Waals surface area contributed by atoms with Gasteiger partial charge in [-0.25, -0.2) is 4.79 Å². The van der Waals surface area contributed by atoms with Gasteiger partial charge in [0, 0.05) is 17.5 Å². The molecule has 25 heavy (non-hydrogen) atoms. The molecule has 1 saturated carbocycles. The first kappa shape index (κ1) is 15.8. The largest absolute Gasteiger partial charge is 0.403 e. The van der Waals surface area contributed by atoms with E-state index in [4.69, 9.17) is 9.25 Å². The second-order valence-corrected chi connectivity index (χ2v) is 6.63. The first-order valence-corrected chi connectivity index (χ1v) is 8.94. The lowest BCUT2D eigenvalue weighted by Gasteiger charge is -2.04. The van der Waals surface area contributed by atoms with Crippen LogP contribution in [-0.2, 0) is 6.42 Å². The molecular formula is C17H15N3O4S. The zero-order valence-electron chi connectivity index (χ0n) is 13.4. The van der Waals surface area contributed by atoms with Crippen LogP contribution in [0, 0.1) is 5.92 Å². The molecule has 0 aromatic carbocycles. The maximum Gasteiger partial charge on any atom is 0.337 e. The zero-order valence-corrected chi connectivity index (χ0v) is 14.3. The smallest absolute Gasteiger partial charge is 0.337 e. The van der Waals surface area contributed by atoms with Crippen molar-refractivity contribution in [1.29, 1.82) is 0 Å². The topological polar surface area (TPSA) is 97.5 Å². The van der Waals surface area contributed by atoms with Gasteiger partial charge in [0.15, 0.2) is 0 Å². The van der Waals surface area contributed by atoms with Crippen LogP contribution in [0.2, 0.25) is 0 Å². The maximum atomic E-state index is 12.3. The van der Waals surface area contributed by atoms with Crippen molar-refractivity contribution in [3.05, 3.63) is 54.8 Å². The van der Waals surface area contributed by atoms with Gasteiger partial charge in [0.2, 0.25) is 5.71 Å². The van der Waals surface area contributed by atoms with Gasteiger partial charge in [0.1, 0.15) is 5.39 Å². The van der Waals surface area contributed by atoms with Crippen molar-refractivity contribution in [2.75, 3.05) is 0 Å². The summed E-state index contributed by atoms with van der Waals surface area (Å²) >= 11 is 1.59. The number of aryl methyl sites for hydroxylation is 1. The molecule has 128 valence electrons. The number of aromatic nitrogens is 2. The van der Waals surface area contributed by atoms with E-state index in [2.05, 4.69) is 15.1 Å². The second kappa shape index (κ2) is 6.29. The SMILES string of the molecule is CCc1cc(=O)oc2nc(ON=C(c3ccsc3)C3CC3)[nH]c(=O)c12. The first-order chi connectivity index (χ1) is 12.2. The Bertz CT molecular complexity index is 1060. The van der Waals surface area contributed by atoms with Crippen LogP contribution in [0.25, 0.3) is 11.1 Å². The number of thiophene rings is 1. The highest BCUT2D eigenvalue weighted by molar-refractivity contribution is 7.08. The molecule has 3 aromatic heterocycles. The molecule has 3 aromatic rings. The van der Waals surface area contributed by atoms with E-state index >= 15 is 0 Å². The second-order valence-electron chi connectivity index (χ2n) is 5.85. The summed E-state index contributed by atoms with van der Waals surface area (Å²) in [5, 5.41) is 8.43. The fraction of sp³-hybridized carbons (Fsp3) is 0.294. The Morgan fingerprint density at radius 3 is 3.00 bits per heavy atom. The third-order valence-electron chi connectivity index (χ3n) is 4.07. The van der Waals surface area contributed by atoms with Crippen molar-refractivity contribution in [3.63, 3.8) is 0 Å². The Hall–Kier alpha value is -2.74. The maximum absolute atomic E-state index is 12.3. The number of nitrogens with zero attached hydrogens (tertiary/aromatic N) is 2. The van der Waals surface area contributed by atoms with Crippen LogP contribution in [0.4, 0.5) is 0 Å². The van der Waals surface area contributed by atoms with Crippen LogP contribution in [0.3, 0.4) is 0 Å². The molecule has 0 bridgehead atoms. The number of fused-ring (bicyclic) bond motifs is 1. The van der Waals surface area contributed by atoms with E-state index in [0.29, 0.717) is 17.9 Å². The summed E-state index contributed by atoms with van der Waals surface area (Å²) < 4.78 is 5.05. The van der Waals surface area contributed by atoms with Gasteiger partial charge in [-0.15, -0.1) is 0 Å². The minimum Gasteiger partial charge on any atom is -0.403 e. The number of hydrogen-bond acceptors (Lipinski definition) is 7. The van der Waals surface area contributed by atoms with E-state index in [1.54, 1.807) is 11.3 Å². The number of H-pyrrole nitrogens is 1. The zero-order chi connectivity index (χ0) is 17.4. The van der Waals surface area contributed by atoms with Crippen molar-refractivity contribution in [2.45, 2.75) is 26.2 Å². The fourth-order valence-electron chi connectivity index (χ4n) is 2.67. The summed E-state index contributed by atoms with van der Waals surface area (Å²) in [7, 11) is 0. The van der Waals surface area contributed by atoms with Gasteiger partial charge in [-0.1, -0.05) is 12.1 Å². The third kappa shape index (κ3) is 3.12. The minimum atomic E-state index is -0.547. The molecule has 3 heterocycles. The number of oxime groups is 1. The molecule has 1 N–H and O–H groups in total. The molecule has 0 unspecified atom stereocenters. The Balaban J connectivity index is 1.74. The Morgan fingerprint density at radius 2 is 2.32 bits per heavy atom. The van der Waals surface area contributed by atoms with E-state index in [1.165, 1.54) is 6.07 Å². The molecule has 1 aliphatic carbocycles. The first-order valence-electron chi connectivity index (χ1n) is 8.00. The predicted octanol–water partition coefficient (Wildman–Crippen LogP) is 2.69. The molecule has 4 rings (SSSR count). The van der Waals surface area contributed by atoms with E-state index in [9.17, 15) is 9.59 Å². The van der Waals surface area contributed by atoms with Gasteiger partial charge < -0.3 is 9.25 Å². The van der Waals surface area contributed by atoms with Crippen LogP contribution < -0.4 is 16.0 Å². The van der Waals surface area contributed by atoms with Crippen LogP contribution >= 0.6 is 11.3 Å². The summed E-state index contributed by atoms with van der Waals surface area (Å²) in [6.07, 6.45) is 2.65. The van der Waals surface area contributed by atoms with E-state index < -0.39 is 11.2 Å². The summed E-state index contributed by atoms with van der Waals surface area (Å²) in [4.78, 5) is 35.9. The summed E-state index contributed by atoms with van der Waals surface area (Å²) in [5.74, 6) is 0.367. The lowest BCUT2D eigenvalue weighted by molar-refractivity contribution is 0.310. The summed E-state index contributed by atoms with van der Waals surface area (Å²) in [6, 6.07) is 3.19. The fourth-order valence-corrected chi connectivity index (χ4v) is 3.32. The number of aromatic amines is 1. The standard InChI is InChI=1S/C17H15N3O4S/c1-2-9-7-12(21)23-16-13(9)15(22)18-17(19-16)24-20-14(10-3-4-10)11-5-6-25-8-11/h5-8,10H,2-4H2,1H3,(H,18,19,22). The quantitative estimate of drug-likeness (QED) is 0.559. The summed E-state index contributed by atoms with van der Waals surface area (Å²) in [6.45, 7) is 1.85. The van der Waals surface area contributed by atoms with Gasteiger partial charge in [-0.05, 0) is 41.7 Å². The van der Waals surface area contributed by atoms with Gasteiger partial charge in [0.05, 0.1) is 5.71 Å². The molecule has 0 aliphatic heterocycles. The van der Waals surface area contributed by atoms with Crippen LogP contribution in [0.15, 0.2) is 42.1 Å². The highest BCUT2D eigenvalue weighted by Crippen LogP contribution is 2.34. The molecule has 8 heteroatoms. The van der Waals surface area contributed by atoms with Gasteiger partial charge in [0.25, 0.3) is 5.56 Å². The third-order valence-corrected chi connectivity index (χ3v) is 4.75. The molecule has 1 aliphatic rings. The summed E-state index contributed by atoms with van der Waals surface area (Å²) in [5.41, 5.74) is 1.44. The van der Waals surface area contributed by atoms with E-state index in [-0.39, 0.29) is 17.1 Å². The lowest BCUT2D eigenvalue weighted by atomic mass is 10.1. The van der Waals surface area contributed by atoms with Crippen molar-refractivity contribution >= 4 is 28.1 Å². The molecule has 0 atom stereocenters. The predicted molar refractivity (Wildman–Crippen MR) is 94.5 cm³/mol. The molecule has 0 radical (unpaired) electrons. The molecule has 7 nitrogen and oxygen atoms in total. The number of hydrogen-bond donors (Lipinski definition) is 1. The average Bonchev–Trinajstić information content (AvgIpc) is 3.28. The average molecular weight is 357 g/mol. The number of nitrogens with one attached hydrogen (secondary N) is 1. The molecule has 1 fully saturated rings. The molecule has 0 saturated heterocycles. The van der Waals surface area contributed by atoms with Crippen LogP contribution in [0.5, 0.6) is 6.01 Å². The van der Waals surface area contributed by atoms with Crippen molar-refractivity contribution in [3.8, 4) is 6.01 Å². The van der Waals surface area contributed by atoms with Gasteiger partial charge in [-0.3, -0.25) is 9.78 Å².